The highest BCUT2D eigenvalue weighted by molar-refractivity contribution is 6.45. The molecule has 1 atom stereocenters. The van der Waals surface area contributed by atoms with Gasteiger partial charge in [0.1, 0.15) is 0 Å². The van der Waals surface area contributed by atoms with Crippen molar-refractivity contribution in [2.45, 2.75) is 33.1 Å². The smallest absolute Gasteiger partial charge is 0.310 e. The summed E-state index contributed by atoms with van der Waals surface area (Å²) in [5.74, 6) is -0.350. The maximum Gasteiger partial charge on any atom is 0.310 e. The Morgan fingerprint density at radius 2 is 2.05 bits per heavy atom. The van der Waals surface area contributed by atoms with Crippen molar-refractivity contribution in [1.82, 2.24) is 0 Å². The summed E-state index contributed by atoms with van der Waals surface area (Å²) >= 11 is 12.4. The van der Waals surface area contributed by atoms with Crippen molar-refractivity contribution in [3.63, 3.8) is 0 Å². The van der Waals surface area contributed by atoms with Gasteiger partial charge in [0.2, 0.25) is 0 Å². The van der Waals surface area contributed by atoms with Crippen molar-refractivity contribution in [2.75, 3.05) is 7.11 Å². The Labute approximate surface area is 128 Å². The van der Waals surface area contributed by atoms with Crippen LogP contribution in [0.3, 0.4) is 0 Å². The van der Waals surface area contributed by atoms with Crippen LogP contribution in [0.1, 0.15) is 41.8 Å². The molecule has 0 N–H and O–H groups in total. The van der Waals surface area contributed by atoms with Gasteiger partial charge in [0, 0.05) is 11.0 Å². The summed E-state index contributed by atoms with van der Waals surface area (Å²) in [4.78, 5) is 23.9. The minimum absolute atomic E-state index is 0.0338. The third kappa shape index (κ3) is 2.33. The summed E-state index contributed by atoms with van der Waals surface area (Å²) < 4.78 is 4.64. The first-order valence-electron chi connectivity index (χ1n) is 6.45. The van der Waals surface area contributed by atoms with Crippen molar-refractivity contribution in [2.24, 2.45) is 5.41 Å². The Bertz CT molecular complexity index is 595. The summed E-state index contributed by atoms with van der Waals surface area (Å²) in [6.45, 7) is 3.91. The molecule has 20 heavy (non-hydrogen) atoms. The van der Waals surface area contributed by atoms with Crippen LogP contribution in [0.5, 0.6) is 0 Å². The third-order valence-electron chi connectivity index (χ3n) is 4.06. The summed E-state index contributed by atoms with van der Waals surface area (Å²) in [6, 6.07) is 1.80. The maximum atomic E-state index is 12.5. The number of halogens is 2. The first kappa shape index (κ1) is 15.3. The number of ketones is 1. The Morgan fingerprint density at radius 3 is 2.60 bits per heavy atom. The Kier molecular flexibility index (Phi) is 4.12. The van der Waals surface area contributed by atoms with Gasteiger partial charge in [0.25, 0.3) is 0 Å². The molecule has 1 aliphatic rings. The second kappa shape index (κ2) is 5.38. The molecule has 3 nitrogen and oxygen atoms in total. The molecule has 0 spiro atoms. The van der Waals surface area contributed by atoms with E-state index in [9.17, 15) is 9.59 Å². The fourth-order valence-corrected chi connectivity index (χ4v) is 3.11. The van der Waals surface area contributed by atoms with Gasteiger partial charge in [0.05, 0.1) is 23.6 Å². The molecule has 1 aliphatic carbocycles. The number of hydrogen-bond donors (Lipinski definition) is 0. The second-order valence-corrected chi connectivity index (χ2v) is 6.13. The Hall–Kier alpha value is -1.06. The predicted octanol–water partition coefficient (Wildman–Crippen LogP) is 3.86. The predicted molar refractivity (Wildman–Crippen MR) is 78.6 cm³/mol. The number of rotatable bonds is 3. The Morgan fingerprint density at radius 1 is 1.40 bits per heavy atom. The van der Waals surface area contributed by atoms with Crippen molar-refractivity contribution < 1.29 is 14.3 Å². The fraction of sp³-hybridized carbons (Fsp3) is 0.467. The van der Waals surface area contributed by atoms with Crippen molar-refractivity contribution >= 4 is 35.0 Å². The number of fused-ring (bicyclic) bond motifs is 1. The van der Waals surface area contributed by atoms with Gasteiger partial charge in [-0.2, -0.15) is 0 Å². The third-order valence-corrected chi connectivity index (χ3v) is 4.97. The number of Topliss-reactive ketones (excluding diaryl/α,β-unsaturated/α-hetero) is 1. The van der Waals surface area contributed by atoms with Gasteiger partial charge in [-0.1, -0.05) is 43.1 Å². The largest absolute Gasteiger partial charge is 0.469 e. The number of methoxy groups -OCH3 is 1. The van der Waals surface area contributed by atoms with E-state index in [1.807, 2.05) is 13.8 Å². The maximum absolute atomic E-state index is 12.5. The van der Waals surface area contributed by atoms with Gasteiger partial charge in [-0.3, -0.25) is 9.59 Å². The standard InChI is InChI=1S/C15H16Cl2O3/c1-4-15(2)7-9-5-8(6-10(18)20-3)12(16)13(17)11(9)14(15)19/h5H,4,6-7H2,1-3H3. The molecule has 0 bridgehead atoms. The van der Waals surface area contributed by atoms with E-state index in [1.54, 1.807) is 6.07 Å². The van der Waals surface area contributed by atoms with Crippen molar-refractivity contribution in [1.29, 1.82) is 0 Å². The number of ether oxygens (including phenoxy) is 1. The fourth-order valence-electron chi connectivity index (χ4n) is 2.57. The molecule has 108 valence electrons. The van der Waals surface area contributed by atoms with E-state index in [0.29, 0.717) is 17.5 Å². The van der Waals surface area contributed by atoms with Gasteiger partial charge >= 0.3 is 5.97 Å². The number of carbonyl (C=O) groups is 2. The summed E-state index contributed by atoms with van der Waals surface area (Å²) in [6.07, 6.45) is 1.42. The number of benzene rings is 1. The van der Waals surface area contributed by atoms with Crippen molar-refractivity contribution in [3.8, 4) is 0 Å². The lowest BCUT2D eigenvalue weighted by Gasteiger charge is -2.18. The van der Waals surface area contributed by atoms with Gasteiger partial charge in [-0.15, -0.1) is 0 Å². The van der Waals surface area contributed by atoms with E-state index in [2.05, 4.69) is 4.74 Å². The molecule has 0 aliphatic heterocycles. The summed E-state index contributed by atoms with van der Waals surface area (Å²) in [5.41, 5.74) is 1.55. The van der Waals surface area contributed by atoms with Gasteiger partial charge in [-0.25, -0.2) is 0 Å². The summed E-state index contributed by atoms with van der Waals surface area (Å²) in [5, 5.41) is 0.523. The van der Waals surface area contributed by atoms with E-state index in [4.69, 9.17) is 23.2 Å². The van der Waals surface area contributed by atoms with E-state index >= 15 is 0 Å². The molecule has 0 radical (unpaired) electrons. The molecule has 0 fully saturated rings. The quantitative estimate of drug-likeness (QED) is 0.795. The van der Waals surface area contributed by atoms with Crippen LogP contribution in [-0.2, 0) is 22.4 Å². The first-order chi connectivity index (χ1) is 9.34. The average molecular weight is 315 g/mol. The number of esters is 1. The zero-order valence-electron chi connectivity index (χ0n) is 11.7. The van der Waals surface area contributed by atoms with Gasteiger partial charge in [0.15, 0.2) is 5.78 Å². The normalized spacial score (nSPS) is 20.9. The molecular weight excluding hydrogens is 299 g/mol. The SMILES string of the molecule is CCC1(C)Cc2cc(CC(=O)OC)c(Cl)c(Cl)c2C1=O. The zero-order chi connectivity index (χ0) is 15.1. The van der Waals surface area contributed by atoms with Crippen LogP contribution >= 0.6 is 23.2 Å². The molecule has 0 aromatic heterocycles. The molecule has 5 heteroatoms. The minimum Gasteiger partial charge on any atom is -0.469 e. The highest BCUT2D eigenvalue weighted by Gasteiger charge is 2.42. The highest BCUT2D eigenvalue weighted by atomic mass is 35.5. The molecule has 0 saturated carbocycles. The molecule has 0 saturated heterocycles. The monoisotopic (exact) mass is 314 g/mol. The van der Waals surface area contributed by atoms with Gasteiger partial charge in [-0.05, 0) is 24.0 Å². The average Bonchev–Trinajstić information content (AvgIpc) is 2.68. The van der Waals surface area contributed by atoms with E-state index in [0.717, 1.165) is 12.0 Å². The van der Waals surface area contributed by atoms with Crippen LogP contribution in [0, 0.1) is 5.41 Å². The zero-order valence-corrected chi connectivity index (χ0v) is 13.2. The minimum atomic E-state index is -0.431. The highest BCUT2D eigenvalue weighted by Crippen LogP contribution is 2.45. The number of hydrogen-bond acceptors (Lipinski definition) is 3. The van der Waals surface area contributed by atoms with Crippen LogP contribution < -0.4 is 0 Å². The van der Waals surface area contributed by atoms with Crippen LogP contribution in [0.4, 0.5) is 0 Å². The molecular formula is C15H16Cl2O3. The Balaban J connectivity index is 2.51. The lowest BCUT2D eigenvalue weighted by Crippen LogP contribution is -2.22. The van der Waals surface area contributed by atoms with E-state index in [-0.39, 0.29) is 28.2 Å². The lowest BCUT2D eigenvalue weighted by molar-refractivity contribution is -0.139. The topological polar surface area (TPSA) is 43.4 Å². The summed E-state index contributed by atoms with van der Waals surface area (Å²) in [7, 11) is 1.32. The molecule has 1 unspecified atom stereocenters. The first-order valence-corrected chi connectivity index (χ1v) is 7.21. The molecule has 2 rings (SSSR count). The van der Waals surface area contributed by atoms with Crippen LogP contribution in [-0.4, -0.2) is 18.9 Å². The molecule has 1 aromatic carbocycles. The number of carbonyl (C=O) groups excluding carboxylic acids is 2. The van der Waals surface area contributed by atoms with E-state index < -0.39 is 5.41 Å². The molecule has 0 heterocycles. The van der Waals surface area contributed by atoms with Crippen LogP contribution in [0.2, 0.25) is 10.0 Å². The van der Waals surface area contributed by atoms with Crippen molar-refractivity contribution in [3.05, 3.63) is 32.8 Å². The lowest BCUT2D eigenvalue weighted by atomic mass is 9.83. The second-order valence-electron chi connectivity index (χ2n) is 5.37. The van der Waals surface area contributed by atoms with E-state index in [1.165, 1.54) is 7.11 Å². The van der Waals surface area contributed by atoms with Crippen LogP contribution in [0.25, 0.3) is 0 Å². The molecule has 0 amide bonds. The van der Waals surface area contributed by atoms with Crippen LogP contribution in [0.15, 0.2) is 6.07 Å². The van der Waals surface area contributed by atoms with Gasteiger partial charge < -0.3 is 4.74 Å². The molecule has 1 aromatic rings.